The summed E-state index contributed by atoms with van der Waals surface area (Å²) in [5.41, 5.74) is 8.47. The maximum Gasteiger partial charge on any atom is 0.332 e. The zero-order valence-electron chi connectivity index (χ0n) is 16.5. The fourth-order valence-electron chi connectivity index (χ4n) is 3.79. The summed E-state index contributed by atoms with van der Waals surface area (Å²) in [6.07, 6.45) is 1.76. The van der Waals surface area contributed by atoms with Crippen LogP contribution in [0.4, 0.5) is 5.69 Å². The van der Waals surface area contributed by atoms with Crippen molar-refractivity contribution in [3.8, 4) is 16.9 Å². The molecule has 0 unspecified atom stereocenters. The lowest BCUT2D eigenvalue weighted by atomic mass is 10.1. The van der Waals surface area contributed by atoms with E-state index in [0.29, 0.717) is 38.5 Å². The SMILES string of the molecule is Cn1c(=O)c2c(nc3n(-c4ccccc4N)c(-c4ccc(Cl)cc4Cl)cn23)n(C)c1=O. The van der Waals surface area contributed by atoms with E-state index in [1.54, 1.807) is 41.9 Å². The average molecular weight is 455 g/mol. The lowest BCUT2D eigenvalue weighted by Gasteiger charge is -2.12. The molecule has 0 saturated heterocycles. The Morgan fingerprint density at radius 3 is 2.45 bits per heavy atom. The van der Waals surface area contributed by atoms with E-state index in [1.165, 1.54) is 11.6 Å². The minimum absolute atomic E-state index is 0.277. The Balaban J connectivity index is 2.01. The third-order valence-electron chi connectivity index (χ3n) is 5.35. The number of aromatic nitrogens is 5. The largest absolute Gasteiger partial charge is 0.397 e. The quantitative estimate of drug-likeness (QED) is 0.414. The molecule has 0 spiro atoms. The molecule has 0 atom stereocenters. The number of nitrogen functional groups attached to an aromatic ring is 1. The monoisotopic (exact) mass is 454 g/mol. The number of aryl methyl sites for hydroxylation is 1. The smallest absolute Gasteiger partial charge is 0.332 e. The van der Waals surface area contributed by atoms with Gasteiger partial charge in [0.05, 0.1) is 22.1 Å². The van der Waals surface area contributed by atoms with Gasteiger partial charge in [-0.05, 0) is 30.3 Å². The van der Waals surface area contributed by atoms with Crippen LogP contribution in [0.2, 0.25) is 10.0 Å². The molecule has 5 aromatic rings. The molecule has 2 N–H and O–H groups in total. The molecule has 0 radical (unpaired) electrons. The third-order valence-corrected chi connectivity index (χ3v) is 5.90. The number of anilines is 1. The number of imidazole rings is 2. The third kappa shape index (κ3) is 2.72. The van der Waals surface area contributed by atoms with Gasteiger partial charge in [0.25, 0.3) is 5.56 Å². The summed E-state index contributed by atoms with van der Waals surface area (Å²) in [6.45, 7) is 0. The van der Waals surface area contributed by atoms with Crippen molar-refractivity contribution in [1.29, 1.82) is 0 Å². The Labute approximate surface area is 185 Å². The number of para-hydroxylation sites is 2. The second-order valence-corrected chi connectivity index (χ2v) is 8.04. The Kier molecular flexibility index (Phi) is 4.25. The molecule has 5 rings (SSSR count). The van der Waals surface area contributed by atoms with Crippen LogP contribution >= 0.6 is 23.2 Å². The van der Waals surface area contributed by atoms with Crippen molar-refractivity contribution in [2.24, 2.45) is 14.1 Å². The predicted octanol–water partition coefficient (Wildman–Crippen LogP) is 3.23. The summed E-state index contributed by atoms with van der Waals surface area (Å²) < 4.78 is 5.87. The van der Waals surface area contributed by atoms with Gasteiger partial charge in [0, 0.05) is 30.9 Å². The van der Waals surface area contributed by atoms with Gasteiger partial charge in [-0.25, -0.2) is 4.79 Å². The molecule has 0 amide bonds. The normalized spacial score (nSPS) is 11.6. The topological polar surface area (TPSA) is 92.2 Å². The van der Waals surface area contributed by atoms with Gasteiger partial charge < -0.3 is 5.73 Å². The van der Waals surface area contributed by atoms with Crippen LogP contribution in [0.1, 0.15) is 0 Å². The van der Waals surface area contributed by atoms with E-state index in [9.17, 15) is 9.59 Å². The molecular weight excluding hydrogens is 439 g/mol. The number of benzene rings is 2. The summed E-state index contributed by atoms with van der Waals surface area (Å²) >= 11 is 12.6. The van der Waals surface area contributed by atoms with Crippen LogP contribution in [0.5, 0.6) is 0 Å². The zero-order chi connectivity index (χ0) is 22.0. The van der Waals surface area contributed by atoms with Gasteiger partial charge in [-0.3, -0.25) is 22.9 Å². The number of hydrogen-bond donors (Lipinski definition) is 1. The van der Waals surface area contributed by atoms with E-state index in [4.69, 9.17) is 28.9 Å². The molecule has 0 aliphatic heterocycles. The summed E-state index contributed by atoms with van der Waals surface area (Å²) in [6, 6.07) is 12.5. The molecule has 0 fully saturated rings. The van der Waals surface area contributed by atoms with Crippen molar-refractivity contribution < 1.29 is 0 Å². The van der Waals surface area contributed by atoms with E-state index in [-0.39, 0.29) is 11.2 Å². The van der Waals surface area contributed by atoms with Crippen molar-refractivity contribution in [2.75, 3.05) is 5.73 Å². The van der Waals surface area contributed by atoms with Gasteiger partial charge in [0.15, 0.2) is 11.2 Å². The van der Waals surface area contributed by atoms with E-state index in [2.05, 4.69) is 4.98 Å². The van der Waals surface area contributed by atoms with E-state index in [0.717, 1.165) is 4.57 Å². The molecule has 3 aromatic heterocycles. The summed E-state index contributed by atoms with van der Waals surface area (Å²) in [4.78, 5) is 30.0. The first-order valence-electron chi connectivity index (χ1n) is 9.29. The molecular formula is C21H16Cl2N6O2. The molecule has 0 saturated carbocycles. The second kappa shape index (κ2) is 6.76. The summed E-state index contributed by atoms with van der Waals surface area (Å²) in [5.74, 6) is 0.423. The predicted molar refractivity (Wildman–Crippen MR) is 122 cm³/mol. The summed E-state index contributed by atoms with van der Waals surface area (Å²) in [7, 11) is 3.02. The second-order valence-electron chi connectivity index (χ2n) is 7.19. The molecule has 8 nitrogen and oxygen atoms in total. The highest BCUT2D eigenvalue weighted by Gasteiger charge is 2.23. The van der Waals surface area contributed by atoms with Crippen LogP contribution in [0.25, 0.3) is 33.9 Å². The fourth-order valence-corrected chi connectivity index (χ4v) is 4.29. The van der Waals surface area contributed by atoms with Gasteiger partial charge in [-0.1, -0.05) is 35.3 Å². The first-order valence-corrected chi connectivity index (χ1v) is 10.0. The van der Waals surface area contributed by atoms with Crippen LogP contribution in [0.3, 0.4) is 0 Å². The van der Waals surface area contributed by atoms with Crippen LogP contribution in [-0.2, 0) is 14.1 Å². The van der Waals surface area contributed by atoms with Gasteiger partial charge in [-0.2, -0.15) is 4.98 Å². The number of nitrogens with zero attached hydrogens (tertiary/aromatic N) is 5. The van der Waals surface area contributed by atoms with E-state index < -0.39 is 11.2 Å². The number of nitrogens with two attached hydrogens (primary N) is 1. The standard InChI is InChI=1S/C21H16Cl2N6O2/c1-26-18-17(19(30)27(2)21(26)31)28-10-16(12-8-7-11(22)9-13(12)23)29(20(28)25-18)15-6-4-3-5-14(15)24/h3-10H,24H2,1-2H3. The van der Waals surface area contributed by atoms with Gasteiger partial charge in [0.1, 0.15) is 0 Å². The number of hydrogen-bond acceptors (Lipinski definition) is 4. The molecule has 31 heavy (non-hydrogen) atoms. The van der Waals surface area contributed by atoms with E-state index in [1.807, 2.05) is 22.8 Å². The van der Waals surface area contributed by atoms with E-state index >= 15 is 0 Å². The molecule has 3 heterocycles. The number of rotatable bonds is 2. The highest BCUT2D eigenvalue weighted by molar-refractivity contribution is 6.36. The Bertz CT molecular complexity index is 1640. The molecule has 0 aliphatic carbocycles. The molecule has 2 aromatic carbocycles. The first kappa shape index (κ1) is 19.5. The Morgan fingerprint density at radius 1 is 1.00 bits per heavy atom. The van der Waals surface area contributed by atoms with Crippen LogP contribution in [-0.4, -0.2) is 23.1 Å². The van der Waals surface area contributed by atoms with Crippen LogP contribution in [0, 0.1) is 0 Å². The maximum absolute atomic E-state index is 13.0. The highest BCUT2D eigenvalue weighted by Crippen LogP contribution is 2.35. The van der Waals surface area contributed by atoms with Crippen molar-refractivity contribution in [2.45, 2.75) is 0 Å². The molecule has 0 bridgehead atoms. The zero-order valence-corrected chi connectivity index (χ0v) is 18.0. The lowest BCUT2D eigenvalue weighted by Crippen LogP contribution is -2.37. The van der Waals surface area contributed by atoms with Crippen LogP contribution in [0.15, 0.2) is 58.3 Å². The molecule has 156 valence electrons. The van der Waals surface area contributed by atoms with Gasteiger partial charge in [-0.15, -0.1) is 0 Å². The minimum Gasteiger partial charge on any atom is -0.397 e. The molecule has 0 aliphatic rings. The summed E-state index contributed by atoms with van der Waals surface area (Å²) in [5, 5.41) is 0.943. The maximum atomic E-state index is 13.0. The number of halogens is 2. The van der Waals surface area contributed by atoms with Gasteiger partial charge >= 0.3 is 5.69 Å². The average Bonchev–Trinajstić information content (AvgIpc) is 3.27. The van der Waals surface area contributed by atoms with Crippen molar-refractivity contribution in [3.63, 3.8) is 0 Å². The van der Waals surface area contributed by atoms with Crippen LogP contribution < -0.4 is 17.0 Å². The first-order chi connectivity index (χ1) is 14.8. The Hall–Kier alpha value is -3.49. The lowest BCUT2D eigenvalue weighted by molar-refractivity contribution is 0.708. The van der Waals surface area contributed by atoms with Crippen molar-refractivity contribution >= 4 is 45.8 Å². The van der Waals surface area contributed by atoms with Crippen molar-refractivity contribution in [1.82, 2.24) is 23.1 Å². The van der Waals surface area contributed by atoms with Crippen molar-refractivity contribution in [3.05, 3.63) is 79.5 Å². The number of fused-ring (bicyclic) bond motifs is 3. The fraction of sp³-hybridized carbons (Fsp3) is 0.0952. The molecule has 10 heteroatoms. The highest BCUT2D eigenvalue weighted by atomic mass is 35.5. The minimum atomic E-state index is -0.454. The Morgan fingerprint density at radius 2 is 1.74 bits per heavy atom. The van der Waals surface area contributed by atoms with Gasteiger partial charge in [0.2, 0.25) is 5.78 Å².